The number of carbonyl (C=O) groups is 1. The van der Waals surface area contributed by atoms with Gasteiger partial charge in [0.1, 0.15) is 0 Å². The Hall–Kier alpha value is -1.60. The highest BCUT2D eigenvalue weighted by atomic mass is 19.4. The molecule has 4 nitrogen and oxygen atoms in total. The summed E-state index contributed by atoms with van der Waals surface area (Å²) in [7, 11) is 1.51. The van der Waals surface area contributed by atoms with Crippen LogP contribution in [0.2, 0.25) is 0 Å². The molecule has 0 aromatic heterocycles. The van der Waals surface area contributed by atoms with E-state index >= 15 is 0 Å². The molecule has 1 saturated heterocycles. The number of carbonyl (C=O) groups excluding carboxylic acids is 1. The number of hydrogen-bond donors (Lipinski definition) is 2. The number of benzene rings is 1. The molecule has 7 heteroatoms. The predicted molar refractivity (Wildman–Crippen MR) is 75.1 cm³/mol. The summed E-state index contributed by atoms with van der Waals surface area (Å²) in [6, 6.07) is 5.25. The topological polar surface area (TPSA) is 50.4 Å². The highest BCUT2D eigenvalue weighted by Gasteiger charge is 2.41. The molecule has 0 radical (unpaired) electrons. The molecule has 1 aliphatic rings. The van der Waals surface area contributed by atoms with E-state index in [1.807, 2.05) is 0 Å². The van der Waals surface area contributed by atoms with Gasteiger partial charge in [-0.1, -0.05) is 18.2 Å². The fraction of sp³-hybridized carbons (Fsp3) is 0.533. The lowest BCUT2D eigenvalue weighted by atomic mass is 9.87. The number of methoxy groups -OCH3 is 1. The van der Waals surface area contributed by atoms with E-state index in [1.54, 1.807) is 0 Å². The highest BCUT2D eigenvalue weighted by molar-refractivity contribution is 5.83. The van der Waals surface area contributed by atoms with Gasteiger partial charge in [0.2, 0.25) is 5.91 Å². The summed E-state index contributed by atoms with van der Waals surface area (Å²) in [6.45, 7) is 1.25. The van der Waals surface area contributed by atoms with E-state index in [-0.39, 0.29) is 24.6 Å². The quantitative estimate of drug-likeness (QED) is 0.873. The van der Waals surface area contributed by atoms with Crippen LogP contribution in [0.4, 0.5) is 13.2 Å². The van der Waals surface area contributed by atoms with Crippen molar-refractivity contribution < 1.29 is 22.7 Å². The molecular weight excluding hydrogens is 297 g/mol. The van der Waals surface area contributed by atoms with E-state index in [9.17, 15) is 18.0 Å². The molecule has 1 aliphatic heterocycles. The molecule has 1 aromatic rings. The molecule has 122 valence electrons. The second-order valence-electron chi connectivity index (χ2n) is 5.48. The molecule has 0 aliphatic carbocycles. The van der Waals surface area contributed by atoms with E-state index in [1.165, 1.54) is 25.3 Å². The van der Waals surface area contributed by atoms with Gasteiger partial charge in [-0.05, 0) is 24.6 Å². The summed E-state index contributed by atoms with van der Waals surface area (Å²) in [4.78, 5) is 12.4. The number of ether oxygens (including phenoxy) is 1. The zero-order valence-corrected chi connectivity index (χ0v) is 12.3. The van der Waals surface area contributed by atoms with Crippen LogP contribution < -0.4 is 10.6 Å². The molecule has 0 spiro atoms. The van der Waals surface area contributed by atoms with Crippen molar-refractivity contribution in [1.29, 1.82) is 0 Å². The lowest BCUT2D eigenvalue weighted by molar-refractivity contribution is -0.139. The summed E-state index contributed by atoms with van der Waals surface area (Å²) in [6.07, 6.45) is -3.83. The smallest absolute Gasteiger partial charge is 0.384 e. The largest absolute Gasteiger partial charge is 0.416 e. The van der Waals surface area contributed by atoms with Gasteiger partial charge in [0, 0.05) is 20.2 Å². The maximum absolute atomic E-state index is 12.9. The van der Waals surface area contributed by atoms with Crippen LogP contribution in [0, 0.1) is 5.41 Å². The summed E-state index contributed by atoms with van der Waals surface area (Å²) in [5.74, 6) is -0.281. The van der Waals surface area contributed by atoms with Crippen molar-refractivity contribution in [2.45, 2.75) is 19.1 Å². The Morgan fingerprint density at radius 2 is 2.14 bits per heavy atom. The summed E-state index contributed by atoms with van der Waals surface area (Å²) in [5.41, 5.74) is -1.37. The fourth-order valence-corrected chi connectivity index (χ4v) is 2.72. The lowest BCUT2D eigenvalue weighted by Crippen LogP contribution is -2.45. The molecule has 1 unspecified atom stereocenters. The zero-order valence-electron chi connectivity index (χ0n) is 12.3. The molecule has 22 heavy (non-hydrogen) atoms. The number of halogens is 3. The Labute approximate surface area is 127 Å². The van der Waals surface area contributed by atoms with Crippen molar-refractivity contribution >= 4 is 5.91 Å². The zero-order chi connectivity index (χ0) is 16.2. The van der Waals surface area contributed by atoms with Gasteiger partial charge >= 0.3 is 6.18 Å². The third kappa shape index (κ3) is 3.59. The van der Waals surface area contributed by atoms with Crippen LogP contribution in [0.5, 0.6) is 0 Å². The van der Waals surface area contributed by atoms with Crippen molar-refractivity contribution in [2.24, 2.45) is 5.41 Å². The average molecular weight is 316 g/mol. The highest BCUT2D eigenvalue weighted by Crippen LogP contribution is 2.32. The van der Waals surface area contributed by atoms with Gasteiger partial charge in [-0.3, -0.25) is 4.79 Å². The number of amides is 1. The van der Waals surface area contributed by atoms with Crippen molar-refractivity contribution in [3.63, 3.8) is 0 Å². The molecule has 2 N–H and O–H groups in total. The van der Waals surface area contributed by atoms with Crippen LogP contribution in [-0.2, 0) is 22.3 Å². The first-order chi connectivity index (χ1) is 10.4. The molecule has 1 atom stereocenters. The van der Waals surface area contributed by atoms with Crippen molar-refractivity contribution in [3.8, 4) is 0 Å². The normalized spacial score (nSPS) is 21.8. The first-order valence-corrected chi connectivity index (χ1v) is 7.02. The number of alkyl halides is 3. The van der Waals surface area contributed by atoms with Crippen molar-refractivity contribution in [2.75, 3.05) is 26.8 Å². The maximum Gasteiger partial charge on any atom is 0.416 e. The van der Waals surface area contributed by atoms with Crippen molar-refractivity contribution in [1.82, 2.24) is 10.6 Å². The summed E-state index contributed by atoms with van der Waals surface area (Å²) >= 11 is 0. The van der Waals surface area contributed by atoms with Gasteiger partial charge < -0.3 is 15.4 Å². The maximum atomic E-state index is 12.9. The Bertz CT molecular complexity index is 526. The third-order valence-corrected chi connectivity index (χ3v) is 3.91. The monoisotopic (exact) mass is 316 g/mol. The molecule has 1 fully saturated rings. The minimum absolute atomic E-state index is 0.0573. The van der Waals surface area contributed by atoms with Crippen LogP contribution in [-0.4, -0.2) is 32.7 Å². The van der Waals surface area contributed by atoms with Gasteiger partial charge in [0.15, 0.2) is 0 Å². The molecular formula is C15H19F3N2O2. The first-order valence-electron chi connectivity index (χ1n) is 7.02. The molecule has 0 bridgehead atoms. The SMILES string of the molecule is COCC1(C(=O)NCc2ccccc2C(F)(F)F)CCNC1. The second kappa shape index (κ2) is 6.66. The van der Waals surface area contributed by atoms with Crippen LogP contribution in [0.3, 0.4) is 0 Å². The third-order valence-electron chi connectivity index (χ3n) is 3.91. The Balaban J connectivity index is 2.08. The number of nitrogens with one attached hydrogen (secondary N) is 2. The summed E-state index contributed by atoms with van der Waals surface area (Å²) in [5, 5.41) is 5.71. The lowest BCUT2D eigenvalue weighted by Gasteiger charge is -2.26. The van der Waals surface area contributed by atoms with Gasteiger partial charge in [0.25, 0.3) is 0 Å². The minimum Gasteiger partial charge on any atom is -0.384 e. The Morgan fingerprint density at radius 3 is 2.73 bits per heavy atom. The fourth-order valence-electron chi connectivity index (χ4n) is 2.72. The van der Waals surface area contributed by atoms with Gasteiger partial charge in [-0.25, -0.2) is 0 Å². The van der Waals surface area contributed by atoms with Crippen LogP contribution in [0.25, 0.3) is 0 Å². The van der Waals surface area contributed by atoms with Crippen LogP contribution >= 0.6 is 0 Å². The Morgan fingerprint density at radius 1 is 1.41 bits per heavy atom. The van der Waals surface area contributed by atoms with Gasteiger partial charge in [0.05, 0.1) is 17.6 Å². The minimum atomic E-state index is -4.43. The molecule has 0 saturated carbocycles. The molecule has 1 heterocycles. The molecule has 1 aromatic carbocycles. The summed E-state index contributed by atoms with van der Waals surface area (Å²) < 4.78 is 43.9. The Kier molecular flexibility index (Phi) is 5.08. The number of hydrogen-bond acceptors (Lipinski definition) is 3. The van der Waals surface area contributed by atoms with E-state index in [2.05, 4.69) is 10.6 Å². The second-order valence-corrected chi connectivity index (χ2v) is 5.48. The van der Waals surface area contributed by atoms with E-state index in [0.717, 1.165) is 6.07 Å². The van der Waals surface area contributed by atoms with Crippen LogP contribution in [0.15, 0.2) is 24.3 Å². The number of rotatable bonds is 5. The standard InChI is InChI=1S/C15H19F3N2O2/c1-22-10-14(6-7-19-9-14)13(21)20-8-11-4-2-3-5-12(11)15(16,17)18/h2-5,19H,6-10H2,1H3,(H,20,21). The molecule has 1 amide bonds. The van der Waals surface area contributed by atoms with Crippen molar-refractivity contribution in [3.05, 3.63) is 35.4 Å². The van der Waals surface area contributed by atoms with Gasteiger partial charge in [-0.2, -0.15) is 13.2 Å². The first kappa shape index (κ1) is 16.8. The van der Waals surface area contributed by atoms with E-state index < -0.39 is 17.2 Å². The molecule has 2 rings (SSSR count). The van der Waals surface area contributed by atoms with E-state index in [0.29, 0.717) is 19.5 Å². The van der Waals surface area contributed by atoms with Gasteiger partial charge in [-0.15, -0.1) is 0 Å². The predicted octanol–water partition coefficient (Wildman–Crippen LogP) is 1.95. The van der Waals surface area contributed by atoms with E-state index in [4.69, 9.17) is 4.74 Å². The van der Waals surface area contributed by atoms with Crippen LogP contribution in [0.1, 0.15) is 17.5 Å². The average Bonchev–Trinajstić information content (AvgIpc) is 2.94.